The van der Waals surface area contributed by atoms with E-state index in [2.05, 4.69) is 38.1 Å². The van der Waals surface area contributed by atoms with Crippen molar-refractivity contribution in [2.24, 2.45) is 0 Å². The first kappa shape index (κ1) is 25.0. The van der Waals surface area contributed by atoms with Gasteiger partial charge in [0.1, 0.15) is 0 Å². The zero-order valence-electron chi connectivity index (χ0n) is 20.8. The lowest BCUT2D eigenvalue weighted by molar-refractivity contribution is -0.142. The van der Waals surface area contributed by atoms with Crippen LogP contribution in [0.1, 0.15) is 67.6 Å². The summed E-state index contributed by atoms with van der Waals surface area (Å²) in [5.41, 5.74) is 6.44. The van der Waals surface area contributed by atoms with E-state index in [1.165, 1.54) is 6.08 Å². The van der Waals surface area contributed by atoms with Gasteiger partial charge in [-0.2, -0.15) is 5.10 Å². The second kappa shape index (κ2) is 11.0. The molecule has 0 aliphatic heterocycles. The highest BCUT2D eigenvalue weighted by Gasteiger charge is 2.17. The minimum absolute atomic E-state index is 0.253. The molecular weight excluding hydrogens is 426 g/mol. The van der Waals surface area contributed by atoms with Crippen molar-refractivity contribution in [3.63, 3.8) is 0 Å². The highest BCUT2D eigenvalue weighted by Crippen LogP contribution is 2.32. The summed E-state index contributed by atoms with van der Waals surface area (Å²) >= 11 is 0. The monoisotopic (exact) mass is 459 g/mol. The summed E-state index contributed by atoms with van der Waals surface area (Å²) < 4.78 is 7.04. The summed E-state index contributed by atoms with van der Waals surface area (Å²) in [6.45, 7) is 11.8. The lowest BCUT2D eigenvalue weighted by Crippen LogP contribution is -2.22. The summed E-state index contributed by atoms with van der Waals surface area (Å²) in [7, 11) is 0. The number of carbonyl (C=O) groups excluding carboxylic acids is 2. The number of aryl methyl sites for hydroxylation is 1. The Morgan fingerprint density at radius 1 is 0.971 bits per heavy atom. The van der Waals surface area contributed by atoms with Gasteiger partial charge in [0.25, 0.3) is 5.91 Å². The Labute approximate surface area is 201 Å². The number of amides is 1. The Morgan fingerprint density at radius 3 is 2.18 bits per heavy atom. The molecular formula is C28H33N3O3. The summed E-state index contributed by atoms with van der Waals surface area (Å²) in [6, 6.07) is 15.8. The minimum Gasteiger partial charge on any atom is -0.452 e. The van der Waals surface area contributed by atoms with Crippen LogP contribution in [-0.2, 0) is 14.3 Å². The fourth-order valence-corrected chi connectivity index (χ4v) is 3.92. The quantitative estimate of drug-likeness (QED) is 0.335. The number of hydrogen-bond donors (Lipinski definition) is 1. The molecule has 0 radical (unpaired) electrons. The number of rotatable bonds is 8. The predicted octanol–water partition coefficient (Wildman–Crippen LogP) is 5.93. The third kappa shape index (κ3) is 5.81. The van der Waals surface area contributed by atoms with Gasteiger partial charge in [-0.3, -0.25) is 4.79 Å². The Morgan fingerprint density at radius 2 is 1.59 bits per heavy atom. The second-order valence-electron chi connectivity index (χ2n) is 8.94. The molecule has 1 amide bonds. The highest BCUT2D eigenvalue weighted by molar-refractivity contribution is 5.96. The molecule has 0 fully saturated rings. The van der Waals surface area contributed by atoms with Crippen LogP contribution in [0, 0.1) is 13.8 Å². The van der Waals surface area contributed by atoms with Crippen LogP contribution >= 0.6 is 0 Å². The number of hydrogen-bond acceptors (Lipinski definition) is 4. The van der Waals surface area contributed by atoms with E-state index in [0.29, 0.717) is 0 Å². The Kier molecular flexibility index (Phi) is 8.05. The fraction of sp³-hybridized carbons (Fsp3) is 0.321. The summed E-state index contributed by atoms with van der Waals surface area (Å²) in [4.78, 5) is 24.9. The molecule has 1 aromatic heterocycles. The maximum absolute atomic E-state index is 12.6. The maximum Gasteiger partial charge on any atom is 0.331 e. The van der Waals surface area contributed by atoms with Gasteiger partial charge in [0.05, 0.1) is 11.4 Å². The van der Waals surface area contributed by atoms with E-state index in [-0.39, 0.29) is 24.3 Å². The normalized spacial score (nSPS) is 11.4. The van der Waals surface area contributed by atoms with Crippen LogP contribution in [-0.4, -0.2) is 28.3 Å². The van der Waals surface area contributed by atoms with E-state index >= 15 is 0 Å². The molecule has 0 unspecified atom stereocenters. The van der Waals surface area contributed by atoms with Crippen LogP contribution in [0.15, 0.2) is 54.6 Å². The zero-order chi connectivity index (χ0) is 24.8. The minimum atomic E-state index is -0.581. The first-order valence-electron chi connectivity index (χ1n) is 11.6. The molecule has 1 heterocycles. The van der Waals surface area contributed by atoms with E-state index in [1.54, 1.807) is 6.08 Å². The summed E-state index contributed by atoms with van der Waals surface area (Å²) in [6.07, 6.45) is 3.02. The molecule has 0 aliphatic carbocycles. The molecule has 34 heavy (non-hydrogen) atoms. The third-order valence-electron chi connectivity index (χ3n) is 5.72. The topological polar surface area (TPSA) is 73.2 Å². The highest BCUT2D eigenvalue weighted by atomic mass is 16.5. The zero-order valence-corrected chi connectivity index (χ0v) is 20.8. The molecule has 0 saturated heterocycles. The molecule has 6 heteroatoms. The molecule has 6 nitrogen and oxygen atoms in total. The van der Waals surface area contributed by atoms with Gasteiger partial charge in [0.2, 0.25) is 0 Å². The van der Waals surface area contributed by atoms with Gasteiger partial charge in [-0.05, 0) is 55.0 Å². The van der Waals surface area contributed by atoms with Crippen molar-refractivity contribution in [2.45, 2.75) is 53.4 Å². The number of esters is 1. The molecule has 0 spiro atoms. The molecule has 0 saturated carbocycles. The van der Waals surface area contributed by atoms with Gasteiger partial charge in [0.15, 0.2) is 6.61 Å². The number of ether oxygens (including phenoxy) is 1. The van der Waals surface area contributed by atoms with Crippen LogP contribution < -0.4 is 5.32 Å². The van der Waals surface area contributed by atoms with Gasteiger partial charge in [0, 0.05) is 23.0 Å². The predicted molar refractivity (Wildman–Crippen MR) is 136 cm³/mol. The van der Waals surface area contributed by atoms with E-state index in [1.807, 2.05) is 67.1 Å². The van der Waals surface area contributed by atoms with Crippen LogP contribution in [0.4, 0.5) is 5.69 Å². The van der Waals surface area contributed by atoms with Crippen molar-refractivity contribution in [1.29, 1.82) is 0 Å². The van der Waals surface area contributed by atoms with Gasteiger partial charge >= 0.3 is 5.97 Å². The molecule has 178 valence electrons. The Balaban J connectivity index is 1.66. The van der Waals surface area contributed by atoms with Crippen molar-refractivity contribution in [3.8, 4) is 5.69 Å². The first-order valence-corrected chi connectivity index (χ1v) is 11.6. The van der Waals surface area contributed by atoms with Crippen molar-refractivity contribution in [1.82, 2.24) is 9.78 Å². The summed E-state index contributed by atoms with van der Waals surface area (Å²) in [5, 5.41) is 7.53. The number of aromatic nitrogens is 2. The lowest BCUT2D eigenvalue weighted by atomic mass is 9.92. The van der Waals surface area contributed by atoms with E-state index < -0.39 is 5.97 Å². The number of para-hydroxylation sites is 2. The van der Waals surface area contributed by atoms with Crippen molar-refractivity contribution >= 4 is 23.6 Å². The molecule has 0 aliphatic rings. The number of anilines is 1. The molecule has 3 aromatic rings. The van der Waals surface area contributed by atoms with Crippen molar-refractivity contribution < 1.29 is 14.3 Å². The van der Waals surface area contributed by atoms with Gasteiger partial charge in [-0.1, -0.05) is 64.1 Å². The number of nitrogens with one attached hydrogen (secondary N) is 1. The van der Waals surface area contributed by atoms with Crippen molar-refractivity contribution in [3.05, 3.63) is 82.7 Å². The van der Waals surface area contributed by atoms with Gasteiger partial charge < -0.3 is 10.1 Å². The molecule has 2 aromatic carbocycles. The number of nitrogens with zero attached hydrogens (tertiary/aromatic N) is 2. The molecule has 1 N–H and O–H groups in total. The SMILES string of the molecule is Cc1nn(-c2ccccc2)c(C)c1/C=C/C(=O)OCC(=O)Nc1c(C(C)C)cccc1C(C)C. The number of benzene rings is 2. The van der Waals surface area contributed by atoms with E-state index in [9.17, 15) is 9.59 Å². The number of carbonyl (C=O) groups is 2. The lowest BCUT2D eigenvalue weighted by Gasteiger charge is -2.20. The average molecular weight is 460 g/mol. The average Bonchev–Trinajstić information content (AvgIpc) is 3.09. The van der Waals surface area contributed by atoms with Crippen molar-refractivity contribution in [2.75, 3.05) is 11.9 Å². The van der Waals surface area contributed by atoms with Gasteiger partial charge in [-0.15, -0.1) is 0 Å². The smallest absolute Gasteiger partial charge is 0.331 e. The standard InChI is InChI=1S/C28H33N3O3/c1-18(2)23-13-10-14-24(19(3)4)28(23)29-26(32)17-34-27(33)16-15-25-20(5)30-31(21(25)6)22-11-8-7-9-12-22/h7-16,18-19H,17H2,1-6H3,(H,29,32)/b16-15+. The Bertz CT molecular complexity index is 1160. The second-order valence-corrected chi connectivity index (χ2v) is 8.94. The Hall–Kier alpha value is -3.67. The van der Waals surface area contributed by atoms with Crippen LogP contribution in [0.2, 0.25) is 0 Å². The fourth-order valence-electron chi connectivity index (χ4n) is 3.92. The summed E-state index contributed by atoms with van der Waals surface area (Å²) in [5.74, 6) is -0.436. The first-order chi connectivity index (χ1) is 16.2. The largest absolute Gasteiger partial charge is 0.452 e. The van der Waals surface area contributed by atoms with Gasteiger partial charge in [-0.25, -0.2) is 9.48 Å². The van der Waals surface area contributed by atoms with Crippen LogP contribution in [0.25, 0.3) is 11.8 Å². The van der Waals surface area contributed by atoms with E-state index in [4.69, 9.17) is 4.74 Å². The van der Waals surface area contributed by atoms with E-state index in [0.717, 1.165) is 39.5 Å². The maximum atomic E-state index is 12.6. The molecule has 0 atom stereocenters. The molecule has 0 bridgehead atoms. The molecule has 3 rings (SSSR count). The van der Waals surface area contributed by atoms with Crippen LogP contribution in [0.5, 0.6) is 0 Å². The van der Waals surface area contributed by atoms with Crippen LogP contribution in [0.3, 0.4) is 0 Å². The third-order valence-corrected chi connectivity index (χ3v) is 5.72.